The molecule has 0 spiro atoms. The summed E-state index contributed by atoms with van der Waals surface area (Å²) in [4.78, 5) is 2.76. The Morgan fingerprint density at radius 1 is 1.19 bits per heavy atom. The Bertz CT molecular complexity index is 879. The van der Waals surface area contributed by atoms with Gasteiger partial charge in [0.25, 0.3) is 0 Å². The molecule has 0 unspecified atom stereocenters. The molecule has 0 N–H and O–H groups in total. The highest BCUT2D eigenvalue weighted by atomic mass is 32.2. The van der Waals surface area contributed by atoms with Gasteiger partial charge in [-0.05, 0) is 68.5 Å². The lowest BCUT2D eigenvalue weighted by Crippen LogP contribution is -2.43. The van der Waals surface area contributed by atoms with Crippen LogP contribution in [0.25, 0.3) is 0 Å². The van der Waals surface area contributed by atoms with Crippen molar-refractivity contribution < 1.29 is 12.8 Å². The lowest BCUT2D eigenvalue weighted by atomic mass is 9.77. The third kappa shape index (κ3) is 3.71. The summed E-state index contributed by atoms with van der Waals surface area (Å²) in [5.74, 6) is 1.79. The van der Waals surface area contributed by atoms with E-state index in [4.69, 9.17) is 4.42 Å². The van der Waals surface area contributed by atoms with Crippen LogP contribution in [0.2, 0.25) is 0 Å². The highest BCUT2D eigenvalue weighted by molar-refractivity contribution is 7.89. The van der Waals surface area contributed by atoms with Gasteiger partial charge in [0.1, 0.15) is 5.76 Å². The molecule has 2 aliphatic rings. The summed E-state index contributed by atoms with van der Waals surface area (Å²) in [5.41, 5.74) is 0.976. The number of nitrogens with zero attached hydrogens (tertiary/aromatic N) is 2. The van der Waals surface area contributed by atoms with E-state index >= 15 is 0 Å². The fourth-order valence-corrected chi connectivity index (χ4v) is 6.47. The molecule has 1 saturated heterocycles. The second-order valence-corrected chi connectivity index (χ2v) is 9.99. The van der Waals surface area contributed by atoms with E-state index in [1.165, 1.54) is 0 Å². The zero-order valence-electron chi connectivity index (χ0n) is 16.0. The second-order valence-electron chi connectivity index (χ2n) is 8.06. The average molecular weight is 389 g/mol. The lowest BCUT2D eigenvalue weighted by Gasteiger charge is -2.38. The summed E-state index contributed by atoms with van der Waals surface area (Å²) < 4.78 is 33.5. The molecule has 1 saturated carbocycles. The van der Waals surface area contributed by atoms with Crippen molar-refractivity contribution in [3.8, 4) is 0 Å². The Hall–Kier alpha value is -1.63. The number of furan rings is 1. The smallest absolute Gasteiger partial charge is 0.243 e. The maximum absolute atomic E-state index is 13.2. The standard InChI is InChI=1S/C21H28N2O3S/c1-16-6-3-9-19(12-16)27(24,25)23-13-17-7-4-10-21(20(17)15-23)22(2)14-18-8-5-11-26-18/h3,5-6,8-9,11-12,17,20-21H,4,7,10,13-15H2,1-2H3/t17-,20+,21-/m0/s1. The van der Waals surface area contributed by atoms with Gasteiger partial charge in [-0.1, -0.05) is 18.6 Å². The lowest BCUT2D eigenvalue weighted by molar-refractivity contribution is 0.0999. The molecular weight excluding hydrogens is 360 g/mol. The molecule has 27 heavy (non-hydrogen) atoms. The highest BCUT2D eigenvalue weighted by Gasteiger charge is 2.45. The molecule has 0 bridgehead atoms. The fourth-order valence-electron chi connectivity index (χ4n) is 4.83. The zero-order valence-corrected chi connectivity index (χ0v) is 16.9. The van der Waals surface area contributed by atoms with Crippen molar-refractivity contribution in [2.45, 2.75) is 43.7 Å². The van der Waals surface area contributed by atoms with E-state index in [9.17, 15) is 8.42 Å². The van der Waals surface area contributed by atoms with Crippen molar-refractivity contribution in [1.29, 1.82) is 0 Å². The predicted octanol–water partition coefficient (Wildman–Crippen LogP) is 3.51. The average Bonchev–Trinajstić information content (AvgIpc) is 3.30. The molecule has 2 fully saturated rings. The van der Waals surface area contributed by atoms with Crippen LogP contribution in [0.3, 0.4) is 0 Å². The Kier molecular flexibility index (Phi) is 5.14. The van der Waals surface area contributed by atoms with Crippen molar-refractivity contribution in [3.05, 3.63) is 54.0 Å². The van der Waals surface area contributed by atoms with Crippen LogP contribution in [0, 0.1) is 18.8 Å². The molecule has 1 aliphatic heterocycles. The molecular formula is C21H28N2O3S. The Morgan fingerprint density at radius 2 is 2.04 bits per heavy atom. The summed E-state index contributed by atoms with van der Waals surface area (Å²) in [5, 5.41) is 0. The fraction of sp³-hybridized carbons (Fsp3) is 0.524. The van der Waals surface area contributed by atoms with Gasteiger partial charge in [-0.2, -0.15) is 4.31 Å². The summed E-state index contributed by atoms with van der Waals surface area (Å²) in [6, 6.07) is 11.6. The monoisotopic (exact) mass is 388 g/mol. The van der Waals surface area contributed by atoms with Gasteiger partial charge in [-0.3, -0.25) is 4.90 Å². The van der Waals surface area contributed by atoms with Gasteiger partial charge in [-0.25, -0.2) is 8.42 Å². The topological polar surface area (TPSA) is 53.8 Å². The molecule has 5 nitrogen and oxygen atoms in total. The van der Waals surface area contributed by atoms with E-state index in [0.29, 0.717) is 35.9 Å². The van der Waals surface area contributed by atoms with Crippen molar-refractivity contribution in [1.82, 2.24) is 9.21 Å². The molecule has 4 rings (SSSR count). The molecule has 3 atom stereocenters. The number of fused-ring (bicyclic) bond motifs is 1. The number of hydrogen-bond acceptors (Lipinski definition) is 4. The maximum Gasteiger partial charge on any atom is 0.243 e. The van der Waals surface area contributed by atoms with Crippen molar-refractivity contribution in [2.75, 3.05) is 20.1 Å². The molecule has 2 aromatic rings. The number of rotatable bonds is 5. The maximum atomic E-state index is 13.2. The first-order valence-corrected chi connectivity index (χ1v) is 11.2. The first-order chi connectivity index (χ1) is 12.9. The van der Waals surface area contributed by atoms with Crippen LogP contribution < -0.4 is 0 Å². The van der Waals surface area contributed by atoms with E-state index < -0.39 is 10.0 Å². The Labute approximate surface area is 162 Å². The molecule has 0 radical (unpaired) electrons. The zero-order chi connectivity index (χ0) is 19.0. The first-order valence-electron chi connectivity index (χ1n) is 9.74. The first kappa shape index (κ1) is 18.7. The highest BCUT2D eigenvalue weighted by Crippen LogP contribution is 2.40. The minimum absolute atomic E-state index is 0.387. The van der Waals surface area contributed by atoms with E-state index in [-0.39, 0.29) is 0 Å². The van der Waals surface area contributed by atoms with Crippen LogP contribution in [0.4, 0.5) is 0 Å². The third-order valence-corrected chi connectivity index (χ3v) is 8.03. The van der Waals surface area contributed by atoms with Crippen LogP contribution in [0.5, 0.6) is 0 Å². The van der Waals surface area contributed by atoms with E-state index in [0.717, 1.165) is 37.1 Å². The van der Waals surface area contributed by atoms with E-state index in [2.05, 4.69) is 11.9 Å². The van der Waals surface area contributed by atoms with Crippen LogP contribution in [0.15, 0.2) is 52.0 Å². The second kappa shape index (κ2) is 7.41. The largest absolute Gasteiger partial charge is 0.468 e. The van der Waals surface area contributed by atoms with Gasteiger partial charge in [0.15, 0.2) is 0 Å². The normalized spacial score (nSPS) is 26.4. The minimum Gasteiger partial charge on any atom is -0.468 e. The van der Waals surface area contributed by atoms with Gasteiger partial charge in [0.05, 0.1) is 17.7 Å². The minimum atomic E-state index is -3.42. The molecule has 1 aliphatic carbocycles. The number of benzene rings is 1. The van der Waals surface area contributed by atoms with Gasteiger partial charge >= 0.3 is 0 Å². The van der Waals surface area contributed by atoms with Gasteiger partial charge in [0, 0.05) is 19.1 Å². The van der Waals surface area contributed by atoms with Crippen LogP contribution in [-0.2, 0) is 16.6 Å². The predicted molar refractivity (Wildman–Crippen MR) is 105 cm³/mol. The van der Waals surface area contributed by atoms with Crippen LogP contribution in [0.1, 0.15) is 30.6 Å². The Balaban J connectivity index is 1.52. The van der Waals surface area contributed by atoms with Gasteiger partial charge in [-0.15, -0.1) is 0 Å². The van der Waals surface area contributed by atoms with E-state index in [1.807, 2.05) is 31.2 Å². The van der Waals surface area contributed by atoms with Gasteiger partial charge in [0.2, 0.25) is 10.0 Å². The third-order valence-electron chi connectivity index (χ3n) is 6.21. The number of aryl methyl sites for hydroxylation is 1. The SMILES string of the molecule is Cc1cccc(S(=O)(=O)N2C[C@@H]3CCC[C@H](N(C)Cc4ccco4)[C@@H]3C2)c1. The summed E-state index contributed by atoms with van der Waals surface area (Å²) in [6.07, 6.45) is 5.11. The molecule has 2 heterocycles. The van der Waals surface area contributed by atoms with Crippen LogP contribution >= 0.6 is 0 Å². The molecule has 6 heteroatoms. The summed E-state index contributed by atoms with van der Waals surface area (Å²) >= 11 is 0. The molecule has 1 aromatic carbocycles. The molecule has 0 amide bonds. The Morgan fingerprint density at radius 3 is 2.78 bits per heavy atom. The summed E-state index contributed by atoms with van der Waals surface area (Å²) in [6.45, 7) is 3.97. The number of hydrogen-bond donors (Lipinski definition) is 0. The van der Waals surface area contributed by atoms with Gasteiger partial charge < -0.3 is 4.42 Å². The van der Waals surface area contributed by atoms with Crippen LogP contribution in [-0.4, -0.2) is 43.8 Å². The van der Waals surface area contributed by atoms with E-state index in [1.54, 1.807) is 22.7 Å². The molecule has 146 valence electrons. The number of sulfonamides is 1. The van der Waals surface area contributed by atoms with Crippen molar-refractivity contribution in [2.24, 2.45) is 11.8 Å². The van der Waals surface area contributed by atoms with Crippen molar-refractivity contribution >= 4 is 10.0 Å². The van der Waals surface area contributed by atoms with Crippen molar-refractivity contribution in [3.63, 3.8) is 0 Å². The summed E-state index contributed by atoms with van der Waals surface area (Å²) in [7, 11) is -1.29. The quantitative estimate of drug-likeness (QED) is 0.787. The molecule has 1 aromatic heterocycles.